The number of anilines is 1. The first-order chi connectivity index (χ1) is 21.6. The Labute approximate surface area is 265 Å². The molecule has 0 fully saturated rings. The second-order valence-electron chi connectivity index (χ2n) is 11.0. The minimum atomic E-state index is -4.17. The highest BCUT2D eigenvalue weighted by Gasteiger charge is 2.35. The molecule has 7 nitrogen and oxygen atoms in total. The van der Waals surface area contributed by atoms with E-state index in [0.717, 1.165) is 21.9 Å². The van der Waals surface area contributed by atoms with Crippen molar-refractivity contribution in [3.63, 3.8) is 0 Å². The highest BCUT2D eigenvalue weighted by molar-refractivity contribution is 7.92. The Kier molecular flexibility index (Phi) is 11.5. The van der Waals surface area contributed by atoms with E-state index in [2.05, 4.69) is 5.32 Å². The fraction of sp³-hybridized carbons (Fsp3) is 0.278. The van der Waals surface area contributed by atoms with Crippen molar-refractivity contribution < 1.29 is 22.4 Å². The molecule has 0 bridgehead atoms. The number of amides is 2. The third kappa shape index (κ3) is 8.79. The van der Waals surface area contributed by atoms with Crippen molar-refractivity contribution in [3.8, 4) is 0 Å². The largest absolute Gasteiger partial charge is 0.352 e. The van der Waals surface area contributed by atoms with Gasteiger partial charge in [-0.2, -0.15) is 0 Å². The molecule has 0 saturated heterocycles. The predicted molar refractivity (Wildman–Crippen MR) is 176 cm³/mol. The minimum Gasteiger partial charge on any atom is -0.352 e. The Bertz CT molecular complexity index is 1650. The van der Waals surface area contributed by atoms with Gasteiger partial charge in [-0.25, -0.2) is 12.8 Å². The van der Waals surface area contributed by atoms with Crippen LogP contribution in [0.25, 0.3) is 0 Å². The lowest BCUT2D eigenvalue weighted by Crippen LogP contribution is -2.54. The van der Waals surface area contributed by atoms with Gasteiger partial charge in [-0.3, -0.25) is 13.9 Å². The van der Waals surface area contributed by atoms with Crippen LogP contribution in [-0.4, -0.2) is 43.8 Å². The van der Waals surface area contributed by atoms with Crippen molar-refractivity contribution in [3.05, 3.63) is 132 Å². The highest BCUT2D eigenvalue weighted by atomic mass is 32.2. The molecule has 236 valence electrons. The number of sulfonamides is 1. The number of aryl methyl sites for hydroxylation is 1. The van der Waals surface area contributed by atoms with Gasteiger partial charge in [0.2, 0.25) is 11.8 Å². The molecule has 0 spiro atoms. The molecule has 45 heavy (non-hydrogen) atoms. The van der Waals surface area contributed by atoms with Gasteiger partial charge in [0.1, 0.15) is 18.4 Å². The van der Waals surface area contributed by atoms with Crippen LogP contribution < -0.4 is 9.62 Å². The van der Waals surface area contributed by atoms with Crippen molar-refractivity contribution in [1.82, 2.24) is 10.2 Å². The third-order valence-corrected chi connectivity index (χ3v) is 9.57. The minimum absolute atomic E-state index is 0.0292. The first kappa shape index (κ1) is 33.4. The second-order valence-corrected chi connectivity index (χ2v) is 12.9. The molecular weight excluding hydrogens is 589 g/mol. The van der Waals surface area contributed by atoms with Gasteiger partial charge in [0.15, 0.2) is 0 Å². The number of rotatable bonds is 14. The molecular formula is C36H40FN3O4S. The maximum atomic E-state index is 14.5. The molecule has 1 N–H and O–H groups in total. The number of nitrogens with one attached hydrogen (secondary N) is 1. The van der Waals surface area contributed by atoms with E-state index in [4.69, 9.17) is 0 Å². The molecule has 4 aromatic rings. The highest BCUT2D eigenvalue weighted by Crippen LogP contribution is 2.26. The molecule has 0 aromatic heterocycles. The summed E-state index contributed by atoms with van der Waals surface area (Å²) in [6, 6.07) is 28.9. The summed E-state index contributed by atoms with van der Waals surface area (Å²) >= 11 is 0. The number of halogens is 1. The number of carbonyl (C=O) groups excluding carboxylic acids is 2. The summed E-state index contributed by atoms with van der Waals surface area (Å²) in [4.78, 5) is 29.8. The molecule has 2 amide bonds. The molecule has 0 aliphatic heterocycles. The molecule has 0 radical (unpaired) electrons. The summed E-state index contributed by atoms with van der Waals surface area (Å²) in [6.07, 6.45) is 1.65. The summed E-state index contributed by atoms with van der Waals surface area (Å²) in [6.45, 7) is 5.26. The van der Waals surface area contributed by atoms with E-state index in [9.17, 15) is 22.4 Å². The Hall–Kier alpha value is -4.50. The van der Waals surface area contributed by atoms with Crippen LogP contribution in [0, 0.1) is 5.82 Å². The summed E-state index contributed by atoms with van der Waals surface area (Å²) in [7, 11) is -4.17. The summed E-state index contributed by atoms with van der Waals surface area (Å²) in [5, 5.41) is 3.01. The van der Waals surface area contributed by atoms with E-state index in [-0.39, 0.29) is 29.8 Å². The molecule has 4 aromatic carbocycles. The molecule has 2 atom stereocenters. The molecule has 4 rings (SSSR count). The van der Waals surface area contributed by atoms with E-state index in [1.54, 1.807) is 42.5 Å². The standard InChI is InChI=1S/C36H40FN3O4S/c1-4-27(3)38-36(42)34(24-29-12-8-6-9-13-29)39(25-30-16-20-31(37)21-17-30)35(41)26-40(32-22-18-28(5-2)19-23-32)45(43,44)33-14-10-7-11-15-33/h6-23,27,34H,4-5,24-26H2,1-3H3,(H,38,42)/t27-,34-/m0/s1. The van der Waals surface area contributed by atoms with Crippen molar-refractivity contribution in [1.29, 1.82) is 0 Å². The maximum absolute atomic E-state index is 14.5. The van der Waals surface area contributed by atoms with Gasteiger partial charge in [0.05, 0.1) is 10.6 Å². The van der Waals surface area contributed by atoms with Gasteiger partial charge in [0.25, 0.3) is 10.0 Å². The summed E-state index contributed by atoms with van der Waals surface area (Å²) in [5.41, 5.74) is 2.78. The van der Waals surface area contributed by atoms with Gasteiger partial charge in [0, 0.05) is 19.0 Å². The zero-order valence-electron chi connectivity index (χ0n) is 25.9. The van der Waals surface area contributed by atoms with Crippen LogP contribution in [0.1, 0.15) is 43.9 Å². The normalized spacial score (nSPS) is 12.6. The van der Waals surface area contributed by atoms with E-state index >= 15 is 0 Å². The Morgan fingerprint density at radius 3 is 1.93 bits per heavy atom. The quantitative estimate of drug-likeness (QED) is 0.182. The topological polar surface area (TPSA) is 86.8 Å². The zero-order valence-corrected chi connectivity index (χ0v) is 26.7. The van der Waals surface area contributed by atoms with E-state index in [1.807, 2.05) is 63.2 Å². The van der Waals surface area contributed by atoms with Crippen molar-refractivity contribution in [2.45, 2.75) is 63.6 Å². The van der Waals surface area contributed by atoms with Crippen LogP contribution in [0.2, 0.25) is 0 Å². The van der Waals surface area contributed by atoms with E-state index in [0.29, 0.717) is 17.7 Å². The van der Waals surface area contributed by atoms with E-state index in [1.165, 1.54) is 29.2 Å². The SMILES string of the molecule is CCc1ccc(N(CC(=O)N(Cc2ccc(F)cc2)[C@@H](Cc2ccccc2)C(=O)N[C@@H](C)CC)S(=O)(=O)c2ccccc2)cc1. The van der Waals surface area contributed by atoms with Gasteiger partial charge in [-0.05, 0) is 72.9 Å². The first-order valence-corrected chi connectivity index (χ1v) is 16.6. The summed E-state index contributed by atoms with van der Waals surface area (Å²) < 4.78 is 43.0. The van der Waals surface area contributed by atoms with E-state index < -0.39 is 34.3 Å². The molecule has 9 heteroatoms. The smallest absolute Gasteiger partial charge is 0.264 e. The van der Waals surface area contributed by atoms with Gasteiger partial charge < -0.3 is 10.2 Å². The maximum Gasteiger partial charge on any atom is 0.264 e. The monoisotopic (exact) mass is 629 g/mol. The lowest BCUT2D eigenvalue weighted by Gasteiger charge is -2.34. The number of hydrogen-bond acceptors (Lipinski definition) is 4. The van der Waals surface area contributed by atoms with Gasteiger partial charge in [-0.15, -0.1) is 0 Å². The van der Waals surface area contributed by atoms with Crippen LogP contribution in [0.15, 0.2) is 114 Å². The third-order valence-electron chi connectivity index (χ3n) is 7.78. The molecule has 0 aliphatic rings. The molecule has 0 aliphatic carbocycles. The van der Waals surface area contributed by atoms with Crippen LogP contribution >= 0.6 is 0 Å². The number of carbonyl (C=O) groups is 2. The fourth-order valence-electron chi connectivity index (χ4n) is 4.93. The Morgan fingerprint density at radius 1 is 0.778 bits per heavy atom. The van der Waals surface area contributed by atoms with Gasteiger partial charge in [-0.1, -0.05) is 86.6 Å². The second kappa shape index (κ2) is 15.5. The average Bonchev–Trinajstić information content (AvgIpc) is 3.06. The van der Waals surface area contributed by atoms with Crippen LogP contribution in [0.4, 0.5) is 10.1 Å². The van der Waals surface area contributed by atoms with Crippen molar-refractivity contribution in [2.24, 2.45) is 0 Å². The lowest BCUT2D eigenvalue weighted by molar-refractivity contribution is -0.140. The lowest BCUT2D eigenvalue weighted by atomic mass is 10.0. The van der Waals surface area contributed by atoms with Crippen molar-refractivity contribution in [2.75, 3.05) is 10.8 Å². The Balaban J connectivity index is 1.79. The Morgan fingerprint density at radius 2 is 1.36 bits per heavy atom. The molecule has 0 heterocycles. The van der Waals surface area contributed by atoms with Gasteiger partial charge >= 0.3 is 0 Å². The number of nitrogens with zero attached hydrogens (tertiary/aromatic N) is 2. The van der Waals surface area contributed by atoms with Crippen LogP contribution in [0.3, 0.4) is 0 Å². The average molecular weight is 630 g/mol. The zero-order chi connectivity index (χ0) is 32.4. The predicted octanol–water partition coefficient (Wildman–Crippen LogP) is 6.14. The fourth-order valence-corrected chi connectivity index (χ4v) is 6.36. The molecule has 0 saturated carbocycles. The van der Waals surface area contributed by atoms with Crippen LogP contribution in [0.5, 0.6) is 0 Å². The number of hydrogen-bond donors (Lipinski definition) is 1. The summed E-state index contributed by atoms with van der Waals surface area (Å²) in [5.74, 6) is -1.35. The van der Waals surface area contributed by atoms with Crippen LogP contribution in [-0.2, 0) is 39.0 Å². The number of benzene rings is 4. The first-order valence-electron chi connectivity index (χ1n) is 15.2. The molecule has 0 unspecified atom stereocenters. The van der Waals surface area contributed by atoms with Crippen molar-refractivity contribution >= 4 is 27.5 Å².